The molecule has 0 radical (unpaired) electrons. The van der Waals surface area contributed by atoms with Gasteiger partial charge in [-0.05, 0) is 207 Å². The van der Waals surface area contributed by atoms with Crippen molar-refractivity contribution in [3.05, 3.63) is 385 Å². The van der Waals surface area contributed by atoms with E-state index in [2.05, 4.69) is 446 Å². The summed E-state index contributed by atoms with van der Waals surface area (Å²) in [7, 11) is 0. The number of fused-ring (bicyclic) bond motifs is 15. The molecule has 16 aromatic carbocycles. The molecular formula is C112H96N2O2. The third-order valence-corrected chi connectivity index (χ3v) is 24.9. The Kier molecular flexibility index (Phi) is 17.6. The van der Waals surface area contributed by atoms with Crippen molar-refractivity contribution in [2.45, 2.75) is 117 Å². The van der Waals surface area contributed by atoms with Crippen LogP contribution in [-0.2, 0) is 27.1 Å². The maximum atomic E-state index is 7.30. The van der Waals surface area contributed by atoms with Crippen LogP contribution in [0.3, 0.4) is 0 Å². The molecule has 0 amide bonds. The Morgan fingerprint density at radius 2 is 0.517 bits per heavy atom. The lowest BCUT2D eigenvalue weighted by molar-refractivity contribution is 0.590. The van der Waals surface area contributed by atoms with Crippen molar-refractivity contribution >= 4 is 88.8 Å². The average Bonchev–Trinajstić information content (AvgIpc) is 1.06. The summed E-state index contributed by atoms with van der Waals surface area (Å²) in [4.78, 5) is 4.71. The molecule has 0 aliphatic heterocycles. The van der Waals surface area contributed by atoms with Crippen LogP contribution in [0.2, 0.25) is 0 Å². The zero-order valence-electron chi connectivity index (χ0n) is 68.6. The average molecular weight is 1500 g/mol. The first-order chi connectivity index (χ1) is 55.9. The number of para-hydroxylation sites is 2. The second-order valence-electron chi connectivity index (χ2n) is 36.0. The van der Waals surface area contributed by atoms with Gasteiger partial charge in [0, 0.05) is 88.8 Å². The van der Waals surface area contributed by atoms with E-state index in [4.69, 9.17) is 8.83 Å². The van der Waals surface area contributed by atoms with Crippen LogP contribution in [0, 0.1) is 0 Å². The molecule has 0 fully saturated rings. The highest BCUT2D eigenvalue weighted by Crippen LogP contribution is 2.58. The summed E-state index contributed by atoms with van der Waals surface area (Å²) in [5, 5.41) is 7.09. The smallest absolute Gasteiger partial charge is 0.144 e. The van der Waals surface area contributed by atoms with Crippen molar-refractivity contribution in [1.29, 1.82) is 0 Å². The summed E-state index contributed by atoms with van der Waals surface area (Å²) in [5.41, 5.74) is 36.2. The first-order valence-electron chi connectivity index (χ1n) is 41.0. The monoisotopic (exact) mass is 1500 g/mol. The fraction of sp³-hybridized carbons (Fsp3) is 0.161. The van der Waals surface area contributed by atoms with Gasteiger partial charge in [0.15, 0.2) is 0 Å². The Balaban J connectivity index is 0.000000156. The predicted octanol–water partition coefficient (Wildman–Crippen LogP) is 32.1. The minimum atomic E-state index is -0.183. The number of rotatable bonds is 11. The molecule has 116 heavy (non-hydrogen) atoms. The third-order valence-electron chi connectivity index (χ3n) is 24.9. The van der Waals surface area contributed by atoms with Crippen molar-refractivity contribution in [3.8, 4) is 77.9 Å². The molecule has 0 unspecified atom stereocenters. The van der Waals surface area contributed by atoms with Crippen LogP contribution in [0.4, 0.5) is 34.1 Å². The Hall–Kier alpha value is -13.0. The Morgan fingerprint density at radius 1 is 0.224 bits per heavy atom. The highest BCUT2D eigenvalue weighted by molar-refractivity contribution is 6.23. The lowest BCUT2D eigenvalue weighted by Gasteiger charge is -2.28. The van der Waals surface area contributed by atoms with E-state index in [0.29, 0.717) is 0 Å². The molecule has 2 aromatic heterocycles. The van der Waals surface area contributed by atoms with Crippen molar-refractivity contribution in [3.63, 3.8) is 0 Å². The molecule has 2 aliphatic rings. The number of anilines is 6. The Morgan fingerprint density at radius 3 is 0.940 bits per heavy atom. The first kappa shape index (κ1) is 73.2. The lowest BCUT2D eigenvalue weighted by atomic mass is 9.80. The summed E-state index contributed by atoms with van der Waals surface area (Å²) in [6.45, 7) is 29.8. The van der Waals surface area contributed by atoms with Crippen LogP contribution in [0.15, 0.2) is 355 Å². The van der Waals surface area contributed by atoms with E-state index in [1.807, 2.05) is 0 Å². The largest absolute Gasteiger partial charge is 0.455 e. The van der Waals surface area contributed by atoms with Gasteiger partial charge in [0.1, 0.15) is 22.3 Å². The standard InChI is InChI=1S/C59H47NO.C53H49NO/c1-58(2,3)42-29-35-45(36-30-42)60(43-31-25-39(26-32-43)38-15-7-6-8-16-38)44-33-27-41(28-34-44)47-21-14-23-50-54-51(48-22-13-18-40-17-9-10-19-46(40)48)37-53-55(57(54)61-56(47)50)49-20-11-12-24-52(49)59(53,4)5;1-51(2,3)36-23-29-39(30-24-36)54(40-31-25-37(26-32-40)52(4,5)6)38-27-21-35(22-28-38)41-18-14-19-43-47-44(34-15-10-9-11-16-34)33-46-48(50(47)55-49(41)43)42-17-12-13-20-45(42)53(46,7)8/h6-37H,1-5H3;9-33H,1-8H3. The van der Waals surface area contributed by atoms with Crippen molar-refractivity contribution in [1.82, 2.24) is 0 Å². The summed E-state index contributed by atoms with van der Waals surface area (Å²) in [6, 6.07) is 127. The molecule has 566 valence electrons. The minimum absolute atomic E-state index is 0.0648. The molecule has 2 aliphatic carbocycles. The summed E-state index contributed by atoms with van der Waals surface area (Å²) in [6.07, 6.45) is 0. The third kappa shape index (κ3) is 12.5. The van der Waals surface area contributed by atoms with Crippen LogP contribution in [-0.4, -0.2) is 0 Å². The van der Waals surface area contributed by atoms with E-state index in [1.165, 1.54) is 116 Å². The van der Waals surface area contributed by atoms with E-state index in [0.717, 1.165) is 89.5 Å². The maximum Gasteiger partial charge on any atom is 0.144 e. The van der Waals surface area contributed by atoms with Gasteiger partial charge in [-0.2, -0.15) is 0 Å². The maximum absolute atomic E-state index is 7.30. The van der Waals surface area contributed by atoms with Gasteiger partial charge in [0.25, 0.3) is 0 Å². The van der Waals surface area contributed by atoms with Gasteiger partial charge >= 0.3 is 0 Å². The molecule has 18 aromatic rings. The van der Waals surface area contributed by atoms with E-state index in [1.54, 1.807) is 0 Å². The molecule has 0 saturated heterocycles. The predicted molar refractivity (Wildman–Crippen MR) is 493 cm³/mol. The summed E-state index contributed by atoms with van der Waals surface area (Å²) in [5.74, 6) is 0. The molecule has 0 N–H and O–H groups in total. The van der Waals surface area contributed by atoms with Gasteiger partial charge < -0.3 is 18.6 Å². The number of nitrogens with zero attached hydrogens (tertiary/aromatic N) is 2. The summed E-state index contributed by atoms with van der Waals surface area (Å²) >= 11 is 0. The van der Waals surface area contributed by atoms with Gasteiger partial charge in [0.05, 0.1) is 0 Å². The van der Waals surface area contributed by atoms with Crippen LogP contribution in [0.1, 0.15) is 129 Å². The zero-order valence-corrected chi connectivity index (χ0v) is 68.6. The number of benzene rings is 16. The van der Waals surface area contributed by atoms with E-state index >= 15 is 0 Å². The molecule has 4 nitrogen and oxygen atoms in total. The number of furan rings is 2. The molecular weight excluding hydrogens is 1410 g/mol. The fourth-order valence-corrected chi connectivity index (χ4v) is 18.5. The number of hydrogen-bond donors (Lipinski definition) is 0. The molecule has 20 rings (SSSR count). The second kappa shape index (κ2) is 27.9. The Labute approximate surface area is 682 Å². The molecule has 0 spiro atoms. The van der Waals surface area contributed by atoms with Gasteiger partial charge in [-0.25, -0.2) is 0 Å². The topological polar surface area (TPSA) is 32.8 Å². The molecule has 0 atom stereocenters. The van der Waals surface area contributed by atoms with Crippen molar-refractivity contribution in [2.24, 2.45) is 0 Å². The lowest BCUT2D eigenvalue weighted by Crippen LogP contribution is -2.15. The van der Waals surface area contributed by atoms with Gasteiger partial charge in [-0.1, -0.05) is 351 Å². The number of hydrogen-bond acceptors (Lipinski definition) is 4. The SMILES string of the molecule is CC(C)(C)c1ccc(N(c2ccc(-c3cccc4c3oc3c5c(cc(-c6ccccc6)c34)C(C)(C)c3ccccc3-5)cc2)c2ccc(C(C)(C)C)cc2)cc1.CC(C)(C)c1ccc(N(c2ccc(-c3ccccc3)cc2)c2ccc(-c3cccc4c3oc3c5c(cc(-c6cccc7ccccc67)c34)C(C)(C)c3ccccc3-5)cc2)cc1. The highest BCUT2D eigenvalue weighted by Gasteiger charge is 2.41. The van der Waals surface area contributed by atoms with Gasteiger partial charge in [-0.15, -0.1) is 0 Å². The van der Waals surface area contributed by atoms with Crippen molar-refractivity contribution < 1.29 is 8.83 Å². The van der Waals surface area contributed by atoms with E-state index < -0.39 is 0 Å². The highest BCUT2D eigenvalue weighted by atomic mass is 16.3. The molecule has 4 heteroatoms. The van der Waals surface area contributed by atoms with E-state index in [-0.39, 0.29) is 27.1 Å². The second-order valence-corrected chi connectivity index (χ2v) is 36.0. The van der Waals surface area contributed by atoms with Gasteiger partial charge in [0.2, 0.25) is 0 Å². The minimum Gasteiger partial charge on any atom is -0.455 e. The van der Waals surface area contributed by atoms with Gasteiger partial charge in [-0.3, -0.25) is 0 Å². The first-order valence-corrected chi connectivity index (χ1v) is 41.0. The Bertz CT molecular complexity index is 6730. The molecule has 2 heterocycles. The van der Waals surface area contributed by atoms with Crippen LogP contribution >= 0.6 is 0 Å². The van der Waals surface area contributed by atoms with Crippen molar-refractivity contribution in [2.75, 3.05) is 9.80 Å². The summed E-state index contributed by atoms with van der Waals surface area (Å²) < 4.78 is 14.5. The van der Waals surface area contributed by atoms with Crippen LogP contribution in [0.25, 0.3) is 133 Å². The zero-order chi connectivity index (χ0) is 79.7. The normalized spacial score (nSPS) is 13.4. The fourth-order valence-electron chi connectivity index (χ4n) is 18.5. The van der Waals surface area contributed by atoms with Crippen LogP contribution < -0.4 is 9.80 Å². The molecule has 0 bridgehead atoms. The van der Waals surface area contributed by atoms with E-state index in [9.17, 15) is 0 Å². The molecule has 0 saturated carbocycles. The quantitative estimate of drug-likeness (QED) is 0.129. The van der Waals surface area contributed by atoms with Crippen LogP contribution in [0.5, 0.6) is 0 Å².